The van der Waals surface area contributed by atoms with E-state index in [1.807, 2.05) is 30.3 Å². The second-order valence-electron chi connectivity index (χ2n) is 6.99. The maximum Gasteiger partial charge on any atom is 0.0406 e. The molecule has 0 N–H and O–H groups in total. The van der Waals surface area contributed by atoms with Crippen LogP contribution in [0.15, 0.2) is 78.9 Å². The summed E-state index contributed by atoms with van der Waals surface area (Å²) in [6, 6.07) is 16.5. The molecule has 1 atom stereocenters. The Balaban J connectivity index is 2.08. The highest BCUT2D eigenvalue weighted by atomic mass is 35.5. The van der Waals surface area contributed by atoms with E-state index in [-0.39, 0.29) is 5.41 Å². The Hall–Kier alpha value is -2.05. The highest BCUT2D eigenvalue weighted by Gasteiger charge is 2.14. The van der Waals surface area contributed by atoms with E-state index in [2.05, 4.69) is 69.8 Å². The molecular weight excluding hydrogens is 324 g/mol. The van der Waals surface area contributed by atoms with Gasteiger partial charge in [-0.25, -0.2) is 0 Å². The molecule has 0 spiro atoms. The first kappa shape index (κ1) is 19.3. The van der Waals surface area contributed by atoms with Crippen molar-refractivity contribution in [1.82, 2.24) is 0 Å². The molecule has 0 unspecified atom stereocenters. The molecule has 2 rings (SSSR count). The summed E-state index contributed by atoms with van der Waals surface area (Å²) in [5.41, 5.74) is 4.96. The van der Waals surface area contributed by atoms with Crippen molar-refractivity contribution in [3.05, 3.63) is 89.5 Å². The number of benzene rings is 2. The number of halogens is 1. The molecule has 0 fully saturated rings. The molecule has 0 aromatic heterocycles. The zero-order valence-electron chi connectivity index (χ0n) is 15.4. The maximum atomic E-state index is 5.95. The van der Waals surface area contributed by atoms with E-state index in [1.54, 1.807) is 0 Å². The molecule has 0 aliphatic carbocycles. The Morgan fingerprint density at radius 2 is 1.56 bits per heavy atom. The highest BCUT2D eigenvalue weighted by Crippen LogP contribution is 2.28. The van der Waals surface area contributed by atoms with Crippen LogP contribution < -0.4 is 0 Å². The van der Waals surface area contributed by atoms with Crippen LogP contribution in [0.4, 0.5) is 0 Å². The van der Waals surface area contributed by atoms with Crippen molar-refractivity contribution < 1.29 is 0 Å². The van der Waals surface area contributed by atoms with E-state index in [4.69, 9.17) is 11.6 Å². The summed E-state index contributed by atoms with van der Waals surface area (Å²) in [6.07, 6.45) is 10.9. The third-order valence-electron chi connectivity index (χ3n) is 4.45. The SMILES string of the molecule is C=C[C@@](C)(/C=C/c1ccc(-c2ccc(Cl)cc2)cc1)CCC=C(C)C. The molecule has 0 nitrogen and oxygen atoms in total. The largest absolute Gasteiger partial charge is 0.102 e. The third-order valence-corrected chi connectivity index (χ3v) is 4.70. The smallest absolute Gasteiger partial charge is 0.0406 e. The lowest BCUT2D eigenvalue weighted by Gasteiger charge is -2.20. The van der Waals surface area contributed by atoms with Crippen molar-refractivity contribution in [1.29, 1.82) is 0 Å². The van der Waals surface area contributed by atoms with Gasteiger partial charge in [0.05, 0.1) is 0 Å². The second-order valence-corrected chi connectivity index (χ2v) is 7.43. The molecule has 0 bridgehead atoms. The molecule has 0 saturated heterocycles. The van der Waals surface area contributed by atoms with Gasteiger partial charge in [-0.2, -0.15) is 0 Å². The van der Waals surface area contributed by atoms with Crippen LogP contribution in [0.25, 0.3) is 17.2 Å². The Labute approximate surface area is 157 Å². The van der Waals surface area contributed by atoms with E-state index < -0.39 is 0 Å². The van der Waals surface area contributed by atoms with Crippen molar-refractivity contribution in [2.75, 3.05) is 0 Å². The lowest BCUT2D eigenvalue weighted by molar-refractivity contribution is 0.508. The average Bonchev–Trinajstić information content (AvgIpc) is 2.61. The fourth-order valence-corrected chi connectivity index (χ4v) is 2.77. The monoisotopic (exact) mass is 350 g/mol. The first-order chi connectivity index (χ1) is 11.9. The van der Waals surface area contributed by atoms with Gasteiger partial charge < -0.3 is 0 Å². The number of allylic oxidation sites excluding steroid dienone is 4. The van der Waals surface area contributed by atoms with Crippen LogP contribution in [0, 0.1) is 5.41 Å². The van der Waals surface area contributed by atoms with Gasteiger partial charge in [0, 0.05) is 10.4 Å². The minimum atomic E-state index is 0.0147. The summed E-state index contributed by atoms with van der Waals surface area (Å²) in [4.78, 5) is 0. The molecule has 2 aromatic rings. The number of hydrogen-bond acceptors (Lipinski definition) is 0. The summed E-state index contributed by atoms with van der Waals surface area (Å²) in [5, 5.41) is 0.764. The minimum Gasteiger partial charge on any atom is -0.102 e. The van der Waals surface area contributed by atoms with E-state index in [0.717, 1.165) is 17.9 Å². The van der Waals surface area contributed by atoms with Crippen LogP contribution in [0.2, 0.25) is 5.02 Å². The Morgan fingerprint density at radius 3 is 2.08 bits per heavy atom. The fraction of sp³-hybridized carbons (Fsp3) is 0.250. The van der Waals surface area contributed by atoms with E-state index in [9.17, 15) is 0 Å². The molecule has 0 saturated carbocycles. The molecule has 2 aromatic carbocycles. The van der Waals surface area contributed by atoms with Gasteiger partial charge in [-0.05, 0) is 55.5 Å². The van der Waals surface area contributed by atoms with Crippen LogP contribution in [0.5, 0.6) is 0 Å². The van der Waals surface area contributed by atoms with Gasteiger partial charge in [0.25, 0.3) is 0 Å². The molecular formula is C24H27Cl. The third kappa shape index (κ3) is 6.07. The summed E-state index contributed by atoms with van der Waals surface area (Å²) in [5.74, 6) is 0. The van der Waals surface area contributed by atoms with Gasteiger partial charge in [-0.15, -0.1) is 6.58 Å². The van der Waals surface area contributed by atoms with Crippen molar-refractivity contribution in [3.8, 4) is 11.1 Å². The molecule has 130 valence electrons. The molecule has 0 amide bonds. The predicted molar refractivity (Wildman–Crippen MR) is 113 cm³/mol. The quantitative estimate of drug-likeness (QED) is 0.444. The van der Waals surface area contributed by atoms with Crippen LogP contribution in [0.3, 0.4) is 0 Å². The maximum absolute atomic E-state index is 5.95. The zero-order chi connectivity index (χ0) is 18.3. The van der Waals surface area contributed by atoms with E-state index >= 15 is 0 Å². The lowest BCUT2D eigenvalue weighted by Crippen LogP contribution is -2.08. The van der Waals surface area contributed by atoms with Gasteiger partial charge in [-0.3, -0.25) is 0 Å². The normalized spacial score (nSPS) is 13.4. The summed E-state index contributed by atoms with van der Waals surface area (Å²) >= 11 is 5.95. The lowest BCUT2D eigenvalue weighted by atomic mass is 9.84. The van der Waals surface area contributed by atoms with Crippen LogP contribution >= 0.6 is 11.6 Å². The standard InChI is InChI=1S/C24H27Cl/c1-5-24(4,17-6-7-19(2)3)18-16-20-8-10-21(11-9-20)22-12-14-23(25)15-13-22/h5,7-16,18H,1,6,17H2,2-4H3/b18-16+/t24-/m1/s1. The zero-order valence-corrected chi connectivity index (χ0v) is 16.2. The van der Waals surface area contributed by atoms with Gasteiger partial charge in [-0.1, -0.05) is 84.8 Å². The van der Waals surface area contributed by atoms with Crippen molar-refractivity contribution in [3.63, 3.8) is 0 Å². The average molecular weight is 351 g/mol. The first-order valence-electron chi connectivity index (χ1n) is 8.74. The fourth-order valence-electron chi connectivity index (χ4n) is 2.64. The van der Waals surface area contributed by atoms with Gasteiger partial charge in [0.15, 0.2) is 0 Å². The summed E-state index contributed by atoms with van der Waals surface area (Å²) in [7, 11) is 0. The molecule has 1 heteroatoms. The molecule has 0 heterocycles. The van der Waals surface area contributed by atoms with Crippen LogP contribution in [0.1, 0.15) is 39.2 Å². The summed E-state index contributed by atoms with van der Waals surface area (Å²) < 4.78 is 0. The Bertz CT molecular complexity index is 744. The van der Waals surface area contributed by atoms with Gasteiger partial charge >= 0.3 is 0 Å². The van der Waals surface area contributed by atoms with E-state index in [1.165, 1.54) is 22.3 Å². The first-order valence-corrected chi connectivity index (χ1v) is 9.12. The Morgan fingerprint density at radius 1 is 1.00 bits per heavy atom. The highest BCUT2D eigenvalue weighted by molar-refractivity contribution is 6.30. The molecule has 0 aliphatic rings. The number of rotatable bonds is 7. The van der Waals surface area contributed by atoms with Crippen molar-refractivity contribution in [2.45, 2.75) is 33.6 Å². The molecule has 0 aliphatic heterocycles. The van der Waals surface area contributed by atoms with Crippen molar-refractivity contribution in [2.24, 2.45) is 5.41 Å². The van der Waals surface area contributed by atoms with Gasteiger partial charge in [0.1, 0.15) is 0 Å². The predicted octanol–water partition coefficient (Wildman–Crippen LogP) is 7.96. The summed E-state index contributed by atoms with van der Waals surface area (Å²) in [6.45, 7) is 10.5. The van der Waals surface area contributed by atoms with Crippen molar-refractivity contribution >= 4 is 17.7 Å². The molecule has 25 heavy (non-hydrogen) atoms. The Kier molecular flexibility index (Phi) is 6.84. The second kappa shape index (κ2) is 8.87. The molecule has 0 radical (unpaired) electrons. The number of hydrogen-bond donors (Lipinski definition) is 0. The van der Waals surface area contributed by atoms with Crippen LogP contribution in [-0.4, -0.2) is 0 Å². The topological polar surface area (TPSA) is 0 Å². The van der Waals surface area contributed by atoms with E-state index in [0.29, 0.717) is 0 Å². The van der Waals surface area contributed by atoms with Crippen LogP contribution in [-0.2, 0) is 0 Å². The van der Waals surface area contributed by atoms with Gasteiger partial charge in [0.2, 0.25) is 0 Å². The minimum absolute atomic E-state index is 0.0147.